The average Bonchev–Trinajstić information content (AvgIpc) is 3.10. The first kappa shape index (κ1) is 18.8. The minimum atomic E-state index is -0.279. The van der Waals surface area contributed by atoms with Crippen LogP contribution < -0.4 is 5.48 Å². The molecule has 0 unspecified atom stereocenters. The monoisotopic (exact) mass is 380 g/mol. The molecule has 146 valence electrons. The van der Waals surface area contributed by atoms with E-state index in [1.165, 1.54) is 31.4 Å². The number of halogens is 1. The number of benzene rings is 1. The lowest BCUT2D eigenvalue weighted by atomic mass is 9.77. The first-order valence-corrected chi connectivity index (χ1v) is 10.00. The van der Waals surface area contributed by atoms with Crippen LogP contribution in [0, 0.1) is 29.5 Å². The Balaban J connectivity index is 1.52. The number of rotatable bonds is 4. The van der Waals surface area contributed by atoms with Gasteiger partial charge in [-0.3, -0.25) is 15.0 Å². The van der Waals surface area contributed by atoms with Gasteiger partial charge in [0.25, 0.3) is 0 Å². The van der Waals surface area contributed by atoms with Crippen LogP contribution in [0.3, 0.4) is 0 Å². The van der Waals surface area contributed by atoms with Crippen LogP contribution in [0.5, 0.6) is 0 Å². The van der Waals surface area contributed by atoms with Crippen molar-refractivity contribution in [2.75, 3.05) is 0 Å². The molecule has 4 rings (SSSR count). The van der Waals surface area contributed by atoms with E-state index in [-0.39, 0.29) is 23.6 Å². The maximum atomic E-state index is 13.4. The molecule has 0 saturated heterocycles. The molecule has 2 aliphatic rings. The van der Waals surface area contributed by atoms with Gasteiger partial charge in [-0.1, -0.05) is 43.5 Å². The van der Waals surface area contributed by atoms with Gasteiger partial charge in [0.1, 0.15) is 5.82 Å². The number of fused-ring (bicyclic) bond motifs is 1. The van der Waals surface area contributed by atoms with Gasteiger partial charge in [-0.05, 0) is 60.4 Å². The Morgan fingerprint density at radius 3 is 2.79 bits per heavy atom. The Morgan fingerprint density at radius 2 is 2.04 bits per heavy atom. The fourth-order valence-corrected chi connectivity index (χ4v) is 5.01. The smallest absolute Gasteiger partial charge is 0.247 e. The van der Waals surface area contributed by atoms with Crippen LogP contribution in [0.25, 0.3) is 17.2 Å². The number of aromatic nitrogens is 1. The number of carbonyl (C=O) groups is 1. The minimum Gasteiger partial charge on any atom is -0.289 e. The van der Waals surface area contributed by atoms with Crippen LogP contribution in [0.15, 0.2) is 48.7 Å². The van der Waals surface area contributed by atoms with Gasteiger partial charge >= 0.3 is 0 Å². The molecule has 28 heavy (non-hydrogen) atoms. The van der Waals surface area contributed by atoms with Gasteiger partial charge in [0.05, 0.1) is 5.69 Å². The lowest BCUT2D eigenvalue weighted by Gasteiger charge is -2.28. The summed E-state index contributed by atoms with van der Waals surface area (Å²) in [7, 11) is 0. The van der Waals surface area contributed by atoms with E-state index in [9.17, 15) is 9.18 Å². The molecule has 2 aromatic rings. The van der Waals surface area contributed by atoms with E-state index in [0.29, 0.717) is 11.8 Å². The SMILES string of the molecule is O=C(NO)[C@H]1C[C@H]2CCCC[C@H]2[C@@H]1/C=C/c1ccc(-c2cccc(F)c2)cn1. The van der Waals surface area contributed by atoms with Crippen LogP contribution in [-0.2, 0) is 4.79 Å². The molecule has 2 aliphatic carbocycles. The normalized spacial score (nSPS) is 26.9. The third kappa shape index (κ3) is 3.85. The van der Waals surface area contributed by atoms with Crippen molar-refractivity contribution in [3.63, 3.8) is 0 Å². The van der Waals surface area contributed by atoms with Crippen molar-refractivity contribution in [2.45, 2.75) is 32.1 Å². The molecule has 4 nitrogen and oxygen atoms in total. The van der Waals surface area contributed by atoms with Gasteiger partial charge in [0.15, 0.2) is 0 Å². The van der Waals surface area contributed by atoms with Crippen LogP contribution in [0.4, 0.5) is 4.39 Å². The Labute approximate surface area is 164 Å². The van der Waals surface area contributed by atoms with Gasteiger partial charge in [-0.15, -0.1) is 0 Å². The fourth-order valence-electron chi connectivity index (χ4n) is 5.01. The second-order valence-corrected chi connectivity index (χ2v) is 7.95. The van der Waals surface area contributed by atoms with Gasteiger partial charge in [-0.2, -0.15) is 0 Å². The minimum absolute atomic E-state index is 0.127. The average molecular weight is 380 g/mol. The van der Waals surface area contributed by atoms with Gasteiger partial charge in [0, 0.05) is 17.7 Å². The molecule has 0 bridgehead atoms. The van der Waals surface area contributed by atoms with E-state index in [0.717, 1.165) is 29.7 Å². The summed E-state index contributed by atoms with van der Waals surface area (Å²) >= 11 is 0. The van der Waals surface area contributed by atoms with Crippen molar-refractivity contribution in [1.82, 2.24) is 10.5 Å². The quantitative estimate of drug-likeness (QED) is 0.589. The lowest BCUT2D eigenvalue weighted by molar-refractivity contribution is -0.134. The number of pyridine rings is 1. The molecule has 5 heteroatoms. The van der Waals surface area contributed by atoms with Gasteiger partial charge < -0.3 is 0 Å². The van der Waals surface area contributed by atoms with Crippen molar-refractivity contribution in [1.29, 1.82) is 0 Å². The summed E-state index contributed by atoms with van der Waals surface area (Å²) in [5.74, 6) is 0.465. The maximum absolute atomic E-state index is 13.4. The zero-order valence-corrected chi connectivity index (χ0v) is 15.7. The summed E-state index contributed by atoms with van der Waals surface area (Å²) in [5.41, 5.74) is 4.32. The van der Waals surface area contributed by atoms with E-state index >= 15 is 0 Å². The van der Waals surface area contributed by atoms with Gasteiger partial charge in [0.2, 0.25) is 5.91 Å². The molecule has 0 radical (unpaired) electrons. The summed E-state index contributed by atoms with van der Waals surface area (Å²) in [6.45, 7) is 0. The Kier molecular flexibility index (Phi) is 5.53. The highest BCUT2D eigenvalue weighted by atomic mass is 19.1. The predicted octanol–water partition coefficient (Wildman–Crippen LogP) is 4.85. The number of allylic oxidation sites excluding steroid dienone is 1. The number of amides is 1. The highest BCUT2D eigenvalue weighted by Crippen LogP contribution is 2.49. The topological polar surface area (TPSA) is 62.2 Å². The molecule has 2 fully saturated rings. The summed E-state index contributed by atoms with van der Waals surface area (Å²) in [4.78, 5) is 16.6. The molecule has 1 aromatic heterocycles. The van der Waals surface area contributed by atoms with Crippen molar-refractivity contribution in [3.8, 4) is 11.1 Å². The number of nitrogens with one attached hydrogen (secondary N) is 1. The molecule has 0 spiro atoms. The number of hydrogen-bond donors (Lipinski definition) is 2. The Morgan fingerprint density at radius 1 is 1.18 bits per heavy atom. The second kappa shape index (κ2) is 8.23. The zero-order valence-electron chi connectivity index (χ0n) is 15.7. The molecular weight excluding hydrogens is 355 g/mol. The van der Waals surface area contributed by atoms with Crippen molar-refractivity contribution in [2.24, 2.45) is 23.7 Å². The summed E-state index contributed by atoms with van der Waals surface area (Å²) in [6.07, 6.45) is 11.4. The van der Waals surface area contributed by atoms with Crippen molar-refractivity contribution >= 4 is 12.0 Å². The molecule has 1 heterocycles. The van der Waals surface area contributed by atoms with E-state index < -0.39 is 0 Å². The molecule has 2 N–H and O–H groups in total. The third-order valence-corrected chi connectivity index (χ3v) is 6.36. The first-order valence-electron chi connectivity index (χ1n) is 10.00. The molecule has 1 aromatic carbocycles. The van der Waals surface area contributed by atoms with Crippen molar-refractivity contribution < 1.29 is 14.4 Å². The largest absolute Gasteiger partial charge is 0.289 e. The molecule has 1 amide bonds. The van der Waals surface area contributed by atoms with E-state index in [4.69, 9.17) is 5.21 Å². The molecule has 0 aliphatic heterocycles. The number of hydrogen-bond acceptors (Lipinski definition) is 3. The zero-order chi connectivity index (χ0) is 19.5. The van der Waals surface area contributed by atoms with Crippen LogP contribution in [-0.4, -0.2) is 16.1 Å². The standard InChI is InChI=1S/C23H25FN2O2/c24-18-6-3-5-15(12-18)17-8-9-19(25-14-17)10-11-21-20-7-2-1-4-16(20)13-22(21)23(27)26-28/h3,5-6,8-12,14,16,20-22,28H,1-2,4,7,13H2,(H,26,27)/b11-10+/t16-,20-,21+,22+/m1/s1. The van der Waals surface area contributed by atoms with Crippen LogP contribution in [0.2, 0.25) is 0 Å². The highest BCUT2D eigenvalue weighted by molar-refractivity contribution is 5.78. The third-order valence-electron chi connectivity index (χ3n) is 6.36. The Hall–Kier alpha value is -2.53. The highest BCUT2D eigenvalue weighted by Gasteiger charge is 2.45. The number of carbonyl (C=O) groups excluding carboxylic acids is 1. The van der Waals surface area contributed by atoms with Crippen molar-refractivity contribution in [3.05, 3.63) is 60.2 Å². The molecular formula is C23H25FN2O2. The summed E-state index contributed by atoms with van der Waals surface area (Å²) < 4.78 is 13.4. The van der Waals surface area contributed by atoms with Crippen LogP contribution in [0.1, 0.15) is 37.8 Å². The number of nitrogens with zero attached hydrogens (tertiary/aromatic N) is 1. The van der Waals surface area contributed by atoms with E-state index in [1.54, 1.807) is 12.3 Å². The van der Waals surface area contributed by atoms with E-state index in [1.807, 2.05) is 29.8 Å². The fraction of sp³-hybridized carbons (Fsp3) is 0.391. The summed E-state index contributed by atoms with van der Waals surface area (Å²) in [6, 6.07) is 10.3. The van der Waals surface area contributed by atoms with Gasteiger partial charge in [-0.25, -0.2) is 9.87 Å². The summed E-state index contributed by atoms with van der Waals surface area (Å²) in [5, 5.41) is 9.13. The molecule has 4 atom stereocenters. The lowest BCUT2D eigenvalue weighted by Crippen LogP contribution is -2.31. The first-order chi connectivity index (χ1) is 13.7. The predicted molar refractivity (Wildman–Crippen MR) is 106 cm³/mol. The Bertz CT molecular complexity index is 865. The second-order valence-electron chi connectivity index (χ2n) is 7.95. The van der Waals surface area contributed by atoms with E-state index in [2.05, 4.69) is 11.1 Å². The number of hydroxylamine groups is 1. The van der Waals surface area contributed by atoms with Crippen LogP contribution >= 0.6 is 0 Å². The molecule has 2 saturated carbocycles. The maximum Gasteiger partial charge on any atom is 0.247 e.